The van der Waals surface area contributed by atoms with Crippen molar-refractivity contribution in [1.29, 1.82) is 0 Å². The molecule has 1 aliphatic heterocycles. The van der Waals surface area contributed by atoms with Crippen LogP contribution in [0.3, 0.4) is 0 Å². The summed E-state index contributed by atoms with van der Waals surface area (Å²) in [6, 6.07) is 3.67. The molecule has 0 radical (unpaired) electrons. The molecule has 0 bridgehead atoms. The third-order valence-electron chi connectivity index (χ3n) is 3.59. The smallest absolute Gasteiger partial charge is 0.304 e. The number of ether oxygens (including phenoxy) is 2. The maximum Gasteiger partial charge on any atom is 0.304 e. The minimum atomic E-state index is -0.866. The summed E-state index contributed by atoms with van der Waals surface area (Å²) in [5, 5.41) is 0. The predicted molar refractivity (Wildman–Crippen MR) is 79.1 cm³/mol. The molecule has 2 atom stereocenters. The van der Waals surface area contributed by atoms with E-state index < -0.39 is 24.3 Å². The fourth-order valence-electron chi connectivity index (χ4n) is 2.66. The van der Waals surface area contributed by atoms with Crippen LogP contribution in [0.15, 0.2) is 22.8 Å². The summed E-state index contributed by atoms with van der Waals surface area (Å²) in [7, 11) is 0. The van der Waals surface area contributed by atoms with Gasteiger partial charge in [-0.3, -0.25) is 14.4 Å². The molecule has 23 heavy (non-hydrogen) atoms. The lowest BCUT2D eigenvalue weighted by molar-refractivity contribution is -0.194. The first-order valence-corrected chi connectivity index (χ1v) is 7.63. The van der Waals surface area contributed by atoms with Crippen LogP contribution in [-0.4, -0.2) is 41.6 Å². The Morgan fingerprint density at radius 2 is 2.04 bits per heavy atom. The lowest BCUT2D eigenvalue weighted by Gasteiger charge is -2.39. The molecule has 0 saturated carbocycles. The third-order valence-corrected chi connectivity index (χ3v) is 3.59. The van der Waals surface area contributed by atoms with Gasteiger partial charge in [-0.05, 0) is 25.0 Å². The van der Waals surface area contributed by atoms with Crippen LogP contribution in [0.25, 0.3) is 0 Å². The van der Waals surface area contributed by atoms with Gasteiger partial charge in [0.2, 0.25) is 12.1 Å². The van der Waals surface area contributed by atoms with Crippen molar-refractivity contribution < 1.29 is 28.3 Å². The number of furan rings is 1. The van der Waals surface area contributed by atoms with Gasteiger partial charge in [0.25, 0.3) is 0 Å². The highest BCUT2D eigenvalue weighted by Crippen LogP contribution is 2.23. The van der Waals surface area contributed by atoms with Gasteiger partial charge in [0.1, 0.15) is 5.76 Å². The summed E-state index contributed by atoms with van der Waals surface area (Å²) < 4.78 is 15.7. The maximum atomic E-state index is 12.2. The van der Waals surface area contributed by atoms with Crippen LogP contribution in [0, 0.1) is 0 Å². The van der Waals surface area contributed by atoms with Gasteiger partial charge in [-0.15, -0.1) is 0 Å². The van der Waals surface area contributed by atoms with Crippen molar-refractivity contribution in [2.24, 2.45) is 0 Å². The number of hydrogen-bond acceptors (Lipinski definition) is 6. The van der Waals surface area contributed by atoms with E-state index in [2.05, 4.69) is 0 Å². The standard InChI is InChI=1S/C16H21NO6/c1-11(18)22-14-7-8-15(20)17(16(14)23-12(2)19)9-3-5-13-6-4-10-21-13/h4,6,10,14,16H,3,5,7-9H2,1-2H3/t14-,16?/m0/s1. The number of amides is 1. The number of esters is 2. The molecular formula is C16H21NO6. The monoisotopic (exact) mass is 323 g/mol. The minimum Gasteiger partial charge on any atom is -0.469 e. The van der Waals surface area contributed by atoms with Crippen molar-refractivity contribution in [1.82, 2.24) is 4.90 Å². The summed E-state index contributed by atoms with van der Waals surface area (Å²) in [6.07, 6.45) is 2.04. The highest BCUT2D eigenvalue weighted by Gasteiger charge is 2.39. The Hall–Kier alpha value is -2.31. The maximum absolute atomic E-state index is 12.2. The first kappa shape index (κ1) is 17.1. The number of aryl methyl sites for hydroxylation is 1. The van der Waals surface area contributed by atoms with E-state index in [1.165, 1.54) is 18.7 Å². The molecule has 2 heterocycles. The number of likely N-dealkylation sites (tertiary alicyclic amines) is 1. The number of carbonyl (C=O) groups is 3. The SMILES string of the molecule is CC(=O)OC1[C@@H](OC(C)=O)CCC(=O)N1CCCc1ccco1. The van der Waals surface area contributed by atoms with Crippen LogP contribution in [0.5, 0.6) is 0 Å². The summed E-state index contributed by atoms with van der Waals surface area (Å²) in [5.41, 5.74) is 0. The van der Waals surface area contributed by atoms with Gasteiger partial charge < -0.3 is 18.8 Å². The highest BCUT2D eigenvalue weighted by atomic mass is 16.6. The van der Waals surface area contributed by atoms with Crippen molar-refractivity contribution in [3.8, 4) is 0 Å². The number of nitrogens with zero attached hydrogens (tertiary/aromatic N) is 1. The lowest BCUT2D eigenvalue weighted by atomic mass is 10.0. The fourth-order valence-corrected chi connectivity index (χ4v) is 2.66. The van der Waals surface area contributed by atoms with Gasteiger partial charge in [0.15, 0.2) is 6.10 Å². The Labute approximate surface area is 134 Å². The van der Waals surface area contributed by atoms with Gasteiger partial charge in [-0.25, -0.2) is 0 Å². The fraction of sp³-hybridized carbons (Fsp3) is 0.562. The van der Waals surface area contributed by atoms with Gasteiger partial charge in [0.05, 0.1) is 6.26 Å². The number of hydrogen-bond donors (Lipinski definition) is 0. The third kappa shape index (κ3) is 4.84. The van der Waals surface area contributed by atoms with Gasteiger partial charge in [-0.1, -0.05) is 0 Å². The molecular weight excluding hydrogens is 302 g/mol. The van der Waals surface area contributed by atoms with Crippen LogP contribution in [0.4, 0.5) is 0 Å². The quantitative estimate of drug-likeness (QED) is 0.740. The molecule has 0 aromatic carbocycles. The molecule has 126 valence electrons. The summed E-state index contributed by atoms with van der Waals surface area (Å²) in [4.78, 5) is 36.2. The van der Waals surface area contributed by atoms with Crippen molar-refractivity contribution in [3.63, 3.8) is 0 Å². The molecule has 7 nitrogen and oxygen atoms in total. The van der Waals surface area contributed by atoms with Crippen LogP contribution in [0.2, 0.25) is 0 Å². The molecule has 1 unspecified atom stereocenters. The zero-order valence-corrected chi connectivity index (χ0v) is 13.3. The molecule has 1 aromatic heterocycles. The first-order chi connectivity index (χ1) is 11.0. The molecule has 2 rings (SSSR count). The van der Waals surface area contributed by atoms with E-state index in [0.29, 0.717) is 25.8 Å². The average molecular weight is 323 g/mol. The van der Waals surface area contributed by atoms with Crippen LogP contribution < -0.4 is 0 Å². The second-order valence-corrected chi connectivity index (χ2v) is 5.46. The highest BCUT2D eigenvalue weighted by molar-refractivity contribution is 5.78. The molecule has 1 amide bonds. The first-order valence-electron chi connectivity index (χ1n) is 7.63. The van der Waals surface area contributed by atoms with E-state index in [-0.39, 0.29) is 12.3 Å². The molecule has 0 N–H and O–H groups in total. The minimum absolute atomic E-state index is 0.112. The van der Waals surface area contributed by atoms with E-state index in [4.69, 9.17) is 13.9 Å². The Morgan fingerprint density at radius 1 is 1.30 bits per heavy atom. The summed E-state index contributed by atoms with van der Waals surface area (Å²) in [6.45, 7) is 2.96. The van der Waals surface area contributed by atoms with Crippen molar-refractivity contribution in [3.05, 3.63) is 24.2 Å². The second-order valence-electron chi connectivity index (χ2n) is 5.46. The summed E-state index contributed by atoms with van der Waals surface area (Å²) >= 11 is 0. The van der Waals surface area contributed by atoms with Crippen LogP contribution >= 0.6 is 0 Å². The number of rotatable bonds is 6. The molecule has 7 heteroatoms. The predicted octanol–water partition coefficient (Wildman–Crippen LogP) is 1.66. The van der Waals surface area contributed by atoms with Crippen molar-refractivity contribution in [2.45, 2.75) is 51.9 Å². The van der Waals surface area contributed by atoms with E-state index >= 15 is 0 Å². The van der Waals surface area contributed by atoms with Gasteiger partial charge in [0, 0.05) is 33.2 Å². The molecule has 1 fully saturated rings. The van der Waals surface area contributed by atoms with Gasteiger partial charge in [-0.2, -0.15) is 0 Å². The lowest BCUT2D eigenvalue weighted by Crippen LogP contribution is -2.54. The Morgan fingerprint density at radius 3 is 2.65 bits per heavy atom. The normalized spacial score (nSPS) is 21.1. The molecule has 1 aromatic rings. The Balaban J connectivity index is 2.02. The van der Waals surface area contributed by atoms with Crippen LogP contribution in [0.1, 0.15) is 38.9 Å². The van der Waals surface area contributed by atoms with E-state index in [9.17, 15) is 14.4 Å². The van der Waals surface area contributed by atoms with Crippen molar-refractivity contribution in [2.75, 3.05) is 6.54 Å². The van der Waals surface area contributed by atoms with E-state index in [1.54, 1.807) is 12.3 Å². The zero-order chi connectivity index (χ0) is 16.8. The molecule has 0 aliphatic carbocycles. The second kappa shape index (κ2) is 7.80. The van der Waals surface area contributed by atoms with E-state index in [0.717, 1.165) is 5.76 Å². The Bertz CT molecular complexity index is 553. The molecule has 0 spiro atoms. The van der Waals surface area contributed by atoms with E-state index in [1.807, 2.05) is 6.07 Å². The van der Waals surface area contributed by atoms with Gasteiger partial charge >= 0.3 is 11.9 Å². The number of carbonyl (C=O) groups excluding carboxylic acids is 3. The Kier molecular flexibility index (Phi) is 5.78. The largest absolute Gasteiger partial charge is 0.469 e. The number of piperidine rings is 1. The van der Waals surface area contributed by atoms with Crippen LogP contribution in [-0.2, 0) is 30.3 Å². The molecule has 1 saturated heterocycles. The molecule has 1 aliphatic rings. The zero-order valence-electron chi connectivity index (χ0n) is 13.3. The summed E-state index contributed by atoms with van der Waals surface area (Å²) in [5.74, 6) is -0.260. The topological polar surface area (TPSA) is 86.0 Å². The van der Waals surface area contributed by atoms with Crippen molar-refractivity contribution >= 4 is 17.8 Å². The average Bonchev–Trinajstić information content (AvgIpc) is 2.97.